The average molecular weight is 493 g/mol. The van der Waals surface area contributed by atoms with Gasteiger partial charge in [0.25, 0.3) is 0 Å². The standard InChI is InChI=1S/C32H32N2O3/c35-31(15-7-13-25-9-3-1-4-10-25)33-27-17-21-29(22-18-27)37-30-23-19-28(20-24-30)34-32(36)16-8-14-26-11-5-2-6-12-26/h1-6,9-12,17-24H,7-8,13-16H2,(H,33,35)(H,34,36). The van der Waals surface area contributed by atoms with Crippen molar-refractivity contribution >= 4 is 23.2 Å². The molecule has 4 aromatic rings. The van der Waals surface area contributed by atoms with Gasteiger partial charge in [-0.2, -0.15) is 0 Å². The Labute approximate surface area is 218 Å². The number of amides is 2. The Bertz CT molecular complexity index is 1150. The molecule has 5 nitrogen and oxygen atoms in total. The van der Waals surface area contributed by atoms with Crippen LogP contribution in [-0.4, -0.2) is 11.8 Å². The lowest BCUT2D eigenvalue weighted by Crippen LogP contribution is -2.11. The number of carbonyl (C=O) groups is 2. The molecule has 4 aromatic carbocycles. The van der Waals surface area contributed by atoms with E-state index in [0.29, 0.717) is 24.3 Å². The number of rotatable bonds is 12. The summed E-state index contributed by atoms with van der Waals surface area (Å²) in [6, 6.07) is 35.0. The Kier molecular flexibility index (Phi) is 9.48. The van der Waals surface area contributed by atoms with Crippen molar-refractivity contribution in [3.8, 4) is 11.5 Å². The van der Waals surface area contributed by atoms with Gasteiger partial charge in [0.2, 0.25) is 11.8 Å². The van der Waals surface area contributed by atoms with Gasteiger partial charge in [0, 0.05) is 24.2 Å². The van der Waals surface area contributed by atoms with Crippen molar-refractivity contribution < 1.29 is 14.3 Å². The molecule has 188 valence electrons. The molecule has 0 saturated carbocycles. The zero-order valence-corrected chi connectivity index (χ0v) is 20.9. The lowest BCUT2D eigenvalue weighted by molar-refractivity contribution is -0.117. The van der Waals surface area contributed by atoms with E-state index in [1.54, 1.807) is 0 Å². The molecule has 0 saturated heterocycles. The third-order valence-electron chi connectivity index (χ3n) is 5.94. The predicted octanol–water partition coefficient (Wildman–Crippen LogP) is 7.40. The Hall–Kier alpha value is -4.38. The summed E-state index contributed by atoms with van der Waals surface area (Å²) >= 11 is 0. The number of carbonyl (C=O) groups excluding carboxylic acids is 2. The summed E-state index contributed by atoms with van der Waals surface area (Å²) in [6.45, 7) is 0. The number of hydrogen-bond donors (Lipinski definition) is 2. The summed E-state index contributed by atoms with van der Waals surface area (Å²) in [5, 5.41) is 5.87. The van der Waals surface area contributed by atoms with Crippen LogP contribution in [0.2, 0.25) is 0 Å². The van der Waals surface area contributed by atoms with Crippen LogP contribution in [0.25, 0.3) is 0 Å². The molecule has 0 aromatic heterocycles. The minimum Gasteiger partial charge on any atom is -0.457 e. The summed E-state index contributed by atoms with van der Waals surface area (Å²) in [6.07, 6.45) is 4.34. The quantitative estimate of drug-likeness (QED) is 0.216. The molecule has 0 aliphatic carbocycles. The van der Waals surface area contributed by atoms with Crippen LogP contribution in [0, 0.1) is 0 Å². The van der Waals surface area contributed by atoms with Crippen molar-refractivity contribution in [3.63, 3.8) is 0 Å². The molecule has 37 heavy (non-hydrogen) atoms. The van der Waals surface area contributed by atoms with Crippen LogP contribution in [0.1, 0.15) is 36.8 Å². The van der Waals surface area contributed by atoms with Gasteiger partial charge in [-0.15, -0.1) is 0 Å². The molecule has 0 aliphatic heterocycles. The van der Waals surface area contributed by atoms with Crippen molar-refractivity contribution in [2.24, 2.45) is 0 Å². The fraction of sp³-hybridized carbons (Fsp3) is 0.188. The van der Waals surface area contributed by atoms with Gasteiger partial charge < -0.3 is 15.4 Å². The van der Waals surface area contributed by atoms with Crippen molar-refractivity contribution in [2.45, 2.75) is 38.5 Å². The van der Waals surface area contributed by atoms with Crippen molar-refractivity contribution in [1.29, 1.82) is 0 Å². The van der Waals surface area contributed by atoms with Gasteiger partial charge >= 0.3 is 0 Å². The van der Waals surface area contributed by atoms with Crippen LogP contribution in [0.5, 0.6) is 11.5 Å². The third-order valence-corrected chi connectivity index (χ3v) is 5.94. The minimum absolute atomic E-state index is 0.00213. The van der Waals surface area contributed by atoms with E-state index in [2.05, 4.69) is 34.9 Å². The van der Waals surface area contributed by atoms with Crippen LogP contribution in [-0.2, 0) is 22.4 Å². The van der Waals surface area contributed by atoms with Gasteiger partial charge in [0.1, 0.15) is 11.5 Å². The molecule has 0 aliphatic rings. The number of nitrogens with one attached hydrogen (secondary N) is 2. The molecule has 0 bridgehead atoms. The van der Waals surface area contributed by atoms with Crippen LogP contribution in [0.15, 0.2) is 109 Å². The van der Waals surface area contributed by atoms with E-state index in [-0.39, 0.29) is 11.8 Å². The van der Waals surface area contributed by atoms with Gasteiger partial charge in [-0.3, -0.25) is 9.59 Å². The third kappa shape index (κ3) is 8.97. The maximum absolute atomic E-state index is 12.2. The summed E-state index contributed by atoms with van der Waals surface area (Å²) in [5.41, 5.74) is 3.96. The topological polar surface area (TPSA) is 67.4 Å². The summed E-state index contributed by atoms with van der Waals surface area (Å²) < 4.78 is 5.90. The molecular weight excluding hydrogens is 460 g/mol. The monoisotopic (exact) mass is 492 g/mol. The van der Waals surface area contributed by atoms with Crippen LogP contribution < -0.4 is 15.4 Å². The Morgan fingerprint density at radius 2 is 0.892 bits per heavy atom. The number of ether oxygens (including phenoxy) is 1. The Balaban J connectivity index is 1.17. The minimum atomic E-state index is 0.00213. The van der Waals surface area contributed by atoms with E-state index in [4.69, 9.17) is 4.74 Å². The van der Waals surface area contributed by atoms with E-state index in [1.165, 1.54) is 11.1 Å². The molecule has 0 atom stereocenters. The lowest BCUT2D eigenvalue weighted by atomic mass is 10.1. The van der Waals surface area contributed by atoms with Crippen molar-refractivity contribution in [1.82, 2.24) is 0 Å². The highest BCUT2D eigenvalue weighted by Crippen LogP contribution is 2.24. The first-order valence-corrected chi connectivity index (χ1v) is 12.7. The number of anilines is 2. The van der Waals surface area contributed by atoms with Gasteiger partial charge in [-0.1, -0.05) is 60.7 Å². The zero-order valence-electron chi connectivity index (χ0n) is 20.9. The van der Waals surface area contributed by atoms with E-state index in [0.717, 1.165) is 37.1 Å². The second kappa shape index (κ2) is 13.6. The number of hydrogen-bond acceptors (Lipinski definition) is 3. The molecule has 2 amide bonds. The summed E-state index contributed by atoms with van der Waals surface area (Å²) in [5.74, 6) is 1.34. The first-order chi connectivity index (χ1) is 18.1. The van der Waals surface area contributed by atoms with Crippen molar-refractivity contribution in [3.05, 3.63) is 120 Å². The molecular formula is C32H32N2O3. The highest BCUT2D eigenvalue weighted by Gasteiger charge is 2.06. The van der Waals surface area contributed by atoms with E-state index < -0.39 is 0 Å². The Morgan fingerprint density at radius 1 is 0.514 bits per heavy atom. The van der Waals surface area contributed by atoms with Crippen molar-refractivity contribution in [2.75, 3.05) is 10.6 Å². The summed E-state index contributed by atoms with van der Waals surface area (Å²) in [7, 11) is 0. The average Bonchev–Trinajstić information content (AvgIpc) is 2.92. The van der Waals surface area contributed by atoms with E-state index in [9.17, 15) is 9.59 Å². The molecule has 4 rings (SSSR count). The Morgan fingerprint density at radius 3 is 1.27 bits per heavy atom. The molecule has 2 N–H and O–H groups in total. The van der Waals surface area contributed by atoms with Gasteiger partial charge in [-0.25, -0.2) is 0 Å². The predicted molar refractivity (Wildman–Crippen MR) is 149 cm³/mol. The van der Waals surface area contributed by atoms with E-state index in [1.807, 2.05) is 84.9 Å². The molecule has 0 spiro atoms. The van der Waals surface area contributed by atoms with Crippen LogP contribution in [0.4, 0.5) is 11.4 Å². The number of benzene rings is 4. The van der Waals surface area contributed by atoms with Gasteiger partial charge in [0.05, 0.1) is 0 Å². The molecule has 5 heteroatoms. The van der Waals surface area contributed by atoms with Gasteiger partial charge in [0.15, 0.2) is 0 Å². The zero-order chi connectivity index (χ0) is 25.7. The number of aryl methyl sites for hydroxylation is 2. The highest BCUT2D eigenvalue weighted by atomic mass is 16.5. The summed E-state index contributed by atoms with van der Waals surface area (Å²) in [4.78, 5) is 24.5. The lowest BCUT2D eigenvalue weighted by Gasteiger charge is -2.10. The smallest absolute Gasteiger partial charge is 0.224 e. The van der Waals surface area contributed by atoms with E-state index >= 15 is 0 Å². The molecule has 0 unspecified atom stereocenters. The maximum atomic E-state index is 12.2. The SMILES string of the molecule is O=C(CCCc1ccccc1)Nc1ccc(Oc2ccc(NC(=O)CCCc3ccccc3)cc2)cc1. The van der Waals surface area contributed by atoms with Crippen LogP contribution in [0.3, 0.4) is 0 Å². The molecule has 0 heterocycles. The maximum Gasteiger partial charge on any atom is 0.224 e. The second-order valence-electron chi connectivity index (χ2n) is 8.93. The molecule has 0 radical (unpaired) electrons. The first-order valence-electron chi connectivity index (χ1n) is 12.7. The van der Waals surface area contributed by atoms with Gasteiger partial charge in [-0.05, 0) is 85.3 Å². The second-order valence-corrected chi connectivity index (χ2v) is 8.93. The molecule has 0 fully saturated rings. The normalized spacial score (nSPS) is 10.5. The fourth-order valence-corrected chi connectivity index (χ4v) is 3.99. The van der Waals surface area contributed by atoms with Crippen LogP contribution >= 0.6 is 0 Å². The fourth-order valence-electron chi connectivity index (χ4n) is 3.99. The largest absolute Gasteiger partial charge is 0.457 e. The highest BCUT2D eigenvalue weighted by molar-refractivity contribution is 5.91. The first kappa shape index (κ1) is 25.7.